The van der Waals surface area contributed by atoms with Crippen molar-refractivity contribution in [1.82, 2.24) is 5.32 Å². The number of amides is 2. The standard InChI is InChI=1S/C13H5F10N2O3/c14-3-10(15,16)12(20,21)13(22,23)28-7-2-6-5(1-4(7)11(17,18)19)24-8(26)9(27)25-6/h1-2H,3H2,(H,24,26). The van der Waals surface area contributed by atoms with Crippen LogP contribution in [0.15, 0.2) is 12.1 Å². The molecule has 1 aliphatic heterocycles. The molecule has 5 nitrogen and oxygen atoms in total. The second-order valence-corrected chi connectivity index (χ2v) is 5.27. The molecule has 1 radical (unpaired) electrons. The number of fused-ring (bicyclic) bond motifs is 1. The van der Waals surface area contributed by atoms with Crippen molar-refractivity contribution in [2.75, 3.05) is 12.0 Å². The van der Waals surface area contributed by atoms with Crippen LogP contribution in [0.5, 0.6) is 5.75 Å². The van der Waals surface area contributed by atoms with E-state index in [9.17, 15) is 53.5 Å². The summed E-state index contributed by atoms with van der Waals surface area (Å²) < 4.78 is 134. The number of nitrogens with one attached hydrogen (secondary N) is 1. The van der Waals surface area contributed by atoms with Gasteiger partial charge in [0.1, 0.15) is 5.75 Å². The van der Waals surface area contributed by atoms with Crippen LogP contribution in [-0.4, -0.2) is 36.4 Å². The lowest BCUT2D eigenvalue weighted by Gasteiger charge is -2.31. The number of hydrogen-bond acceptors (Lipinski definition) is 3. The minimum Gasteiger partial charge on any atom is -0.427 e. The van der Waals surface area contributed by atoms with Gasteiger partial charge in [-0.2, -0.15) is 39.5 Å². The summed E-state index contributed by atoms with van der Waals surface area (Å²) in [4.78, 5) is 22.2. The van der Waals surface area contributed by atoms with E-state index in [0.717, 1.165) is 0 Å². The van der Waals surface area contributed by atoms with E-state index in [0.29, 0.717) is 0 Å². The summed E-state index contributed by atoms with van der Waals surface area (Å²) >= 11 is 0. The maximum Gasteiger partial charge on any atom is 0.471 e. The smallest absolute Gasteiger partial charge is 0.427 e. The molecule has 0 saturated carbocycles. The quantitative estimate of drug-likeness (QED) is 0.577. The Balaban J connectivity index is 2.57. The van der Waals surface area contributed by atoms with Crippen LogP contribution in [0, 0.1) is 0 Å². The van der Waals surface area contributed by atoms with Crippen LogP contribution in [0.25, 0.3) is 0 Å². The molecule has 1 aromatic rings. The number of carbonyl (C=O) groups excluding carboxylic acids is 2. The van der Waals surface area contributed by atoms with Gasteiger partial charge in [-0.3, -0.25) is 9.59 Å². The lowest BCUT2D eigenvalue weighted by Crippen LogP contribution is -2.58. The van der Waals surface area contributed by atoms with Gasteiger partial charge in [-0.05, 0) is 6.07 Å². The molecule has 0 bridgehead atoms. The average molecular weight is 427 g/mol. The summed E-state index contributed by atoms with van der Waals surface area (Å²) in [5.41, 5.74) is -3.90. The molecule has 0 spiro atoms. The number of nitrogens with zero attached hydrogens (tertiary/aromatic N) is 1. The third-order valence-electron chi connectivity index (χ3n) is 3.30. The largest absolute Gasteiger partial charge is 0.471 e. The molecule has 0 aliphatic carbocycles. The number of alkyl halides is 10. The number of hydrogen-bond donors (Lipinski definition) is 1. The zero-order valence-electron chi connectivity index (χ0n) is 12.8. The van der Waals surface area contributed by atoms with Crippen molar-refractivity contribution in [3.8, 4) is 5.75 Å². The van der Waals surface area contributed by atoms with Gasteiger partial charge in [0.15, 0.2) is 6.67 Å². The molecule has 155 valence electrons. The summed E-state index contributed by atoms with van der Waals surface area (Å²) in [5.74, 6) is -17.7. The summed E-state index contributed by atoms with van der Waals surface area (Å²) in [6.07, 6.45) is -11.9. The van der Waals surface area contributed by atoms with Crippen molar-refractivity contribution in [3.63, 3.8) is 0 Å². The zero-order chi connectivity index (χ0) is 21.7. The van der Waals surface area contributed by atoms with Gasteiger partial charge in [0, 0.05) is 6.07 Å². The summed E-state index contributed by atoms with van der Waals surface area (Å²) in [6.45, 7) is -3.26. The molecular weight excluding hydrogens is 422 g/mol. The molecule has 0 aromatic heterocycles. The van der Waals surface area contributed by atoms with Gasteiger partial charge >= 0.3 is 35.9 Å². The Labute approximate surface area is 147 Å². The lowest BCUT2D eigenvalue weighted by molar-refractivity contribution is -0.373. The van der Waals surface area contributed by atoms with Crippen LogP contribution < -0.4 is 15.4 Å². The number of carbonyl (C=O) groups is 2. The number of ether oxygens (including phenoxy) is 1. The van der Waals surface area contributed by atoms with Crippen LogP contribution in [0.3, 0.4) is 0 Å². The van der Waals surface area contributed by atoms with Gasteiger partial charge in [0.05, 0.1) is 16.9 Å². The van der Waals surface area contributed by atoms with Crippen molar-refractivity contribution in [1.29, 1.82) is 0 Å². The van der Waals surface area contributed by atoms with Gasteiger partial charge < -0.3 is 10.1 Å². The molecule has 1 heterocycles. The number of anilines is 1. The minimum absolute atomic E-state index is 0.0833. The maximum atomic E-state index is 13.6. The Bertz CT molecular complexity index is 822. The Morgan fingerprint density at radius 2 is 1.54 bits per heavy atom. The molecule has 0 atom stereocenters. The molecule has 1 N–H and O–H groups in total. The molecule has 15 heteroatoms. The predicted molar refractivity (Wildman–Crippen MR) is 68.3 cm³/mol. The predicted octanol–water partition coefficient (Wildman–Crippen LogP) is 3.63. The molecule has 28 heavy (non-hydrogen) atoms. The highest BCUT2D eigenvalue weighted by molar-refractivity contribution is 6.42. The van der Waals surface area contributed by atoms with Crippen molar-refractivity contribution in [3.05, 3.63) is 17.7 Å². The molecule has 1 aromatic carbocycles. The first-order chi connectivity index (χ1) is 12.5. The molecule has 1 aliphatic rings. The second-order valence-electron chi connectivity index (χ2n) is 5.27. The zero-order valence-corrected chi connectivity index (χ0v) is 12.8. The first kappa shape index (κ1) is 21.6. The van der Waals surface area contributed by atoms with Gasteiger partial charge in [-0.15, -0.1) is 0 Å². The first-order valence-electron chi connectivity index (χ1n) is 6.74. The highest BCUT2D eigenvalue weighted by Gasteiger charge is 2.74. The summed E-state index contributed by atoms with van der Waals surface area (Å²) in [5, 5.41) is 4.56. The highest BCUT2D eigenvalue weighted by atomic mass is 19.4. The fourth-order valence-corrected chi connectivity index (χ4v) is 1.90. The van der Waals surface area contributed by atoms with Gasteiger partial charge in [0.2, 0.25) is 0 Å². The Kier molecular flexibility index (Phi) is 4.93. The molecule has 0 unspecified atom stereocenters. The summed E-state index contributed by atoms with van der Waals surface area (Å²) in [6, 6.07) is -0.174. The molecule has 2 amide bonds. The van der Waals surface area contributed by atoms with E-state index in [1.165, 1.54) is 0 Å². The monoisotopic (exact) mass is 427 g/mol. The van der Waals surface area contributed by atoms with Crippen LogP contribution >= 0.6 is 0 Å². The SMILES string of the molecule is O=C1[N]c2cc(OC(F)(F)C(F)(F)C(F)(F)CF)c(C(F)(F)F)cc2NC1=O. The van der Waals surface area contributed by atoms with E-state index in [-0.39, 0.29) is 12.1 Å². The van der Waals surface area contributed by atoms with Crippen LogP contribution in [0.1, 0.15) is 5.56 Å². The van der Waals surface area contributed by atoms with Crippen molar-refractivity contribution in [2.24, 2.45) is 0 Å². The summed E-state index contributed by atoms with van der Waals surface area (Å²) in [7, 11) is 0. The Morgan fingerprint density at radius 1 is 0.964 bits per heavy atom. The Morgan fingerprint density at radius 3 is 2.04 bits per heavy atom. The third-order valence-corrected chi connectivity index (χ3v) is 3.30. The first-order valence-corrected chi connectivity index (χ1v) is 6.74. The van der Waals surface area contributed by atoms with E-state index in [2.05, 4.69) is 10.1 Å². The molecule has 0 fully saturated rings. The number of halogens is 10. The van der Waals surface area contributed by atoms with Gasteiger partial charge in [0.25, 0.3) is 0 Å². The van der Waals surface area contributed by atoms with Crippen LogP contribution in [-0.2, 0) is 15.8 Å². The fraction of sp³-hybridized carbons (Fsp3) is 0.385. The normalized spacial score (nSPS) is 15.6. The fourth-order valence-electron chi connectivity index (χ4n) is 1.90. The van der Waals surface area contributed by atoms with E-state index < -0.39 is 65.3 Å². The number of benzene rings is 1. The Hall–Kier alpha value is -2.74. The van der Waals surface area contributed by atoms with Crippen molar-refractivity contribution >= 4 is 23.2 Å². The number of rotatable bonds is 5. The van der Waals surface area contributed by atoms with Crippen molar-refractivity contribution in [2.45, 2.75) is 24.1 Å². The second kappa shape index (κ2) is 6.41. The average Bonchev–Trinajstić information content (AvgIpc) is 2.54. The van der Waals surface area contributed by atoms with E-state index >= 15 is 0 Å². The van der Waals surface area contributed by atoms with Crippen LogP contribution in [0.2, 0.25) is 0 Å². The molecule has 0 saturated heterocycles. The molecular formula is C13H5F10N2O3. The lowest BCUT2D eigenvalue weighted by atomic mass is 10.1. The topological polar surface area (TPSA) is 69.5 Å². The van der Waals surface area contributed by atoms with Crippen molar-refractivity contribution < 1.29 is 58.2 Å². The van der Waals surface area contributed by atoms with E-state index in [1.54, 1.807) is 5.32 Å². The van der Waals surface area contributed by atoms with Gasteiger partial charge in [-0.1, -0.05) is 0 Å². The van der Waals surface area contributed by atoms with E-state index in [1.807, 2.05) is 0 Å². The van der Waals surface area contributed by atoms with E-state index in [4.69, 9.17) is 0 Å². The van der Waals surface area contributed by atoms with Crippen LogP contribution in [0.4, 0.5) is 55.3 Å². The minimum atomic E-state index is -6.55. The third kappa shape index (κ3) is 3.52. The van der Waals surface area contributed by atoms with Gasteiger partial charge in [-0.25, -0.2) is 9.71 Å². The highest BCUT2D eigenvalue weighted by Crippen LogP contribution is 2.49. The molecule has 2 rings (SSSR count). The maximum absolute atomic E-state index is 13.6.